The zero-order valence-corrected chi connectivity index (χ0v) is 18.9. The average molecular weight is 449 g/mol. The number of unbranched alkanes of at least 4 members (excludes halogenated alkanes) is 1. The van der Waals surface area contributed by atoms with Crippen LogP contribution in [0.15, 0.2) is 73.3 Å². The van der Waals surface area contributed by atoms with Crippen molar-refractivity contribution in [3.05, 3.63) is 102 Å². The lowest BCUT2D eigenvalue weighted by atomic mass is 10.0. The monoisotopic (exact) mass is 448 g/mol. The Labute approximate surface area is 197 Å². The van der Waals surface area contributed by atoms with E-state index >= 15 is 4.39 Å². The molecule has 0 saturated carbocycles. The zero-order valence-electron chi connectivity index (χ0n) is 18.9. The molecule has 5 aromatic rings. The fourth-order valence-electron chi connectivity index (χ4n) is 4.60. The number of fused-ring (bicyclic) bond motifs is 3. The number of nitrogens with zero attached hydrogens (tertiary/aromatic N) is 5. The predicted molar refractivity (Wildman–Crippen MR) is 130 cm³/mol. The van der Waals surface area contributed by atoms with Gasteiger partial charge < -0.3 is 4.57 Å². The van der Waals surface area contributed by atoms with Crippen LogP contribution in [0.4, 0.5) is 10.1 Å². The van der Waals surface area contributed by atoms with E-state index in [4.69, 9.17) is 6.57 Å². The average Bonchev–Trinajstić information content (AvgIpc) is 3.42. The highest BCUT2D eigenvalue weighted by atomic mass is 19.1. The molecule has 0 atom stereocenters. The van der Waals surface area contributed by atoms with E-state index < -0.39 is 5.82 Å². The molecule has 166 valence electrons. The molecule has 0 aliphatic heterocycles. The van der Waals surface area contributed by atoms with Gasteiger partial charge in [0, 0.05) is 10.8 Å². The Bertz CT molecular complexity index is 1610. The Morgan fingerprint density at radius 3 is 2.65 bits per heavy atom. The van der Waals surface area contributed by atoms with Crippen molar-refractivity contribution in [2.24, 2.45) is 7.05 Å². The highest BCUT2D eigenvalue weighted by molar-refractivity contribution is 6.09. The van der Waals surface area contributed by atoms with E-state index in [1.54, 1.807) is 0 Å². The molecule has 0 unspecified atom stereocenters. The standard InChI is InChI=1S/C28H23FN5/c1-31-25-17-28(24(29)16-21(25)18-30)34-26-9-4-3-8-22(26)23-15-20(10-11-27(23)34)7-5-6-12-33-14-13-32(2)19-33/h3-4,8-11,13-17,19H,5-7,12H2,2H3/q+1. The molecule has 2 heterocycles. The summed E-state index contributed by atoms with van der Waals surface area (Å²) in [6.45, 7) is 8.40. The van der Waals surface area contributed by atoms with Crippen LogP contribution in [0.2, 0.25) is 0 Å². The molecule has 0 radical (unpaired) electrons. The number of para-hydroxylation sites is 1. The van der Waals surface area contributed by atoms with Crippen LogP contribution >= 0.6 is 0 Å². The van der Waals surface area contributed by atoms with E-state index in [0.717, 1.165) is 53.7 Å². The fraction of sp³-hybridized carbons (Fsp3) is 0.179. The van der Waals surface area contributed by atoms with Crippen molar-refractivity contribution in [1.82, 2.24) is 9.13 Å². The van der Waals surface area contributed by atoms with Gasteiger partial charge in [-0.25, -0.2) is 18.4 Å². The van der Waals surface area contributed by atoms with Crippen molar-refractivity contribution in [1.29, 1.82) is 5.26 Å². The molecule has 0 N–H and O–H groups in total. The Kier molecular flexibility index (Phi) is 5.57. The highest BCUT2D eigenvalue weighted by Gasteiger charge is 2.17. The molecule has 0 aliphatic carbocycles. The largest absolute Gasteiger partial charge is 0.308 e. The Balaban J connectivity index is 1.52. The lowest BCUT2D eigenvalue weighted by Crippen LogP contribution is -2.23. The first kappa shape index (κ1) is 21.4. The quantitative estimate of drug-likeness (QED) is 0.179. The Morgan fingerprint density at radius 2 is 1.88 bits per heavy atom. The maximum absolute atomic E-state index is 15.1. The lowest BCUT2D eigenvalue weighted by molar-refractivity contribution is -0.671. The number of halogens is 1. The van der Waals surface area contributed by atoms with E-state index in [0.29, 0.717) is 0 Å². The van der Waals surface area contributed by atoms with Gasteiger partial charge >= 0.3 is 0 Å². The van der Waals surface area contributed by atoms with Crippen molar-refractivity contribution >= 4 is 27.5 Å². The topological polar surface area (TPSA) is 41.9 Å². The first-order chi connectivity index (χ1) is 16.6. The van der Waals surface area contributed by atoms with Crippen molar-refractivity contribution < 1.29 is 8.96 Å². The minimum Gasteiger partial charge on any atom is -0.308 e. The van der Waals surface area contributed by atoms with Gasteiger partial charge in [0.15, 0.2) is 0 Å². The van der Waals surface area contributed by atoms with Crippen LogP contribution in [-0.4, -0.2) is 9.13 Å². The molecule has 6 heteroatoms. The molecular formula is C28H23FN5+. The minimum absolute atomic E-state index is 0.0490. The number of rotatable bonds is 6. The van der Waals surface area contributed by atoms with Crippen molar-refractivity contribution in [2.75, 3.05) is 0 Å². The van der Waals surface area contributed by atoms with E-state index in [1.165, 1.54) is 11.6 Å². The fourth-order valence-corrected chi connectivity index (χ4v) is 4.60. The van der Waals surface area contributed by atoms with Crippen LogP contribution in [0.5, 0.6) is 0 Å². The number of hydrogen-bond donors (Lipinski definition) is 0. The van der Waals surface area contributed by atoms with Gasteiger partial charge in [-0.15, -0.1) is 0 Å². The molecule has 0 amide bonds. The summed E-state index contributed by atoms with van der Waals surface area (Å²) in [5, 5.41) is 11.3. The van der Waals surface area contributed by atoms with Gasteiger partial charge in [0.2, 0.25) is 12.0 Å². The van der Waals surface area contributed by atoms with Crippen LogP contribution in [0.25, 0.3) is 32.3 Å². The summed E-state index contributed by atoms with van der Waals surface area (Å²) in [5.41, 5.74) is 3.48. The molecule has 5 nitrogen and oxygen atoms in total. The lowest BCUT2D eigenvalue weighted by Gasteiger charge is -2.11. The van der Waals surface area contributed by atoms with Crippen molar-refractivity contribution in [3.8, 4) is 11.8 Å². The van der Waals surface area contributed by atoms with E-state index in [9.17, 15) is 5.26 Å². The maximum atomic E-state index is 15.1. The molecule has 0 spiro atoms. The number of imidazole rings is 1. The van der Waals surface area contributed by atoms with Gasteiger partial charge in [0.25, 0.3) is 0 Å². The first-order valence-electron chi connectivity index (χ1n) is 11.2. The second-order valence-electron chi connectivity index (χ2n) is 8.52. The van der Waals surface area contributed by atoms with Crippen LogP contribution in [0.3, 0.4) is 0 Å². The van der Waals surface area contributed by atoms with E-state index in [-0.39, 0.29) is 16.9 Å². The molecule has 0 saturated heterocycles. The third-order valence-corrected chi connectivity index (χ3v) is 6.24. The normalized spacial score (nSPS) is 11.1. The Morgan fingerprint density at radius 1 is 1.06 bits per heavy atom. The number of aromatic nitrogens is 3. The van der Waals surface area contributed by atoms with Crippen LogP contribution in [0, 0.1) is 23.7 Å². The van der Waals surface area contributed by atoms with Crippen molar-refractivity contribution in [2.45, 2.75) is 25.8 Å². The second kappa shape index (κ2) is 8.84. The first-order valence-corrected chi connectivity index (χ1v) is 11.2. The minimum atomic E-state index is -0.519. The van der Waals surface area contributed by atoms with E-state index in [1.807, 2.05) is 58.8 Å². The molecule has 0 aliphatic rings. The van der Waals surface area contributed by atoms with Gasteiger partial charge in [-0.3, -0.25) is 0 Å². The summed E-state index contributed by atoms with van der Waals surface area (Å²) in [6.07, 6.45) is 9.34. The second-order valence-corrected chi connectivity index (χ2v) is 8.52. The number of benzene rings is 3. The zero-order chi connectivity index (χ0) is 23.7. The van der Waals surface area contributed by atoms with Gasteiger partial charge in [-0.05, 0) is 55.2 Å². The van der Waals surface area contributed by atoms with Gasteiger partial charge in [-0.2, -0.15) is 5.26 Å². The van der Waals surface area contributed by atoms with Gasteiger partial charge in [0.1, 0.15) is 18.2 Å². The van der Waals surface area contributed by atoms with Crippen LogP contribution < -0.4 is 4.57 Å². The smallest absolute Gasteiger partial charge is 0.243 e. The molecule has 0 fully saturated rings. The summed E-state index contributed by atoms with van der Waals surface area (Å²) in [7, 11) is 2.02. The molecule has 34 heavy (non-hydrogen) atoms. The molecule has 0 bridgehead atoms. The summed E-state index contributed by atoms with van der Waals surface area (Å²) in [6, 6.07) is 18.8. The van der Waals surface area contributed by atoms with Gasteiger partial charge in [-0.1, -0.05) is 24.3 Å². The number of nitriles is 1. The molecule has 3 aromatic carbocycles. The number of hydrogen-bond acceptors (Lipinski definition) is 1. The third kappa shape index (κ3) is 3.80. The molecule has 5 rings (SSSR count). The third-order valence-electron chi connectivity index (χ3n) is 6.24. The number of aryl methyl sites for hydroxylation is 3. The summed E-state index contributed by atoms with van der Waals surface area (Å²) in [5.74, 6) is -0.519. The van der Waals surface area contributed by atoms with E-state index in [2.05, 4.69) is 34.1 Å². The van der Waals surface area contributed by atoms with Crippen LogP contribution in [0.1, 0.15) is 24.0 Å². The predicted octanol–water partition coefficient (Wildman–Crippen LogP) is 5.99. The summed E-state index contributed by atoms with van der Waals surface area (Å²) < 4.78 is 21.2. The molecule has 2 aromatic heterocycles. The van der Waals surface area contributed by atoms with Gasteiger partial charge in [0.05, 0.1) is 48.5 Å². The Hall–Kier alpha value is -4.42. The van der Waals surface area contributed by atoms with Crippen LogP contribution in [-0.2, 0) is 20.0 Å². The highest BCUT2D eigenvalue weighted by Crippen LogP contribution is 2.35. The molecular weight excluding hydrogens is 425 g/mol. The SMILES string of the molecule is [C-]#[N+]c1cc(-n2c3ccccc3c3cc(CCCCn4cc[n+](C)c4)ccc32)c(F)cc1C#N. The maximum Gasteiger partial charge on any atom is 0.243 e. The van der Waals surface area contributed by atoms with Crippen molar-refractivity contribution in [3.63, 3.8) is 0 Å². The summed E-state index contributed by atoms with van der Waals surface area (Å²) in [4.78, 5) is 3.44. The summed E-state index contributed by atoms with van der Waals surface area (Å²) >= 11 is 0.